The molecule has 0 bridgehead atoms. The van der Waals surface area contributed by atoms with Crippen LogP contribution in [0, 0.1) is 5.21 Å². The minimum Gasteiger partial charge on any atom is -0.597 e. The fraction of sp³-hybridized carbons (Fsp3) is 0.333. The Morgan fingerprint density at radius 1 is 1.37 bits per heavy atom. The van der Waals surface area contributed by atoms with Crippen molar-refractivity contribution < 1.29 is 19.7 Å². The monoisotopic (exact) mass is 265 g/mol. The van der Waals surface area contributed by atoms with Gasteiger partial charge in [0, 0.05) is 26.3 Å². The predicted molar refractivity (Wildman–Crippen MR) is 66.7 cm³/mol. The van der Waals surface area contributed by atoms with Gasteiger partial charge < -0.3 is 15.3 Å². The third kappa shape index (κ3) is 3.51. The highest BCUT2D eigenvalue weighted by atomic mass is 16.7. The second-order valence-electron chi connectivity index (χ2n) is 4.31. The zero-order valence-corrected chi connectivity index (χ0v) is 10.9. The van der Waals surface area contributed by atoms with Gasteiger partial charge in [0.05, 0.1) is 0 Å². The molecule has 0 heterocycles. The topological polar surface area (TPSA) is 97.3 Å². The summed E-state index contributed by atoms with van der Waals surface area (Å²) in [6.45, 7) is 4.19. The first-order chi connectivity index (χ1) is 8.89. The van der Waals surface area contributed by atoms with E-state index in [1.165, 1.54) is 20.8 Å². The van der Waals surface area contributed by atoms with Crippen LogP contribution in [0.1, 0.15) is 26.3 Å². The number of hydrogen-bond acceptors (Lipinski definition) is 5. The molecule has 7 heteroatoms. The molecule has 0 aliphatic heterocycles. The fourth-order valence-electron chi connectivity index (χ4n) is 1.43. The first-order valence-corrected chi connectivity index (χ1v) is 5.53. The first-order valence-electron chi connectivity index (χ1n) is 5.53. The van der Waals surface area contributed by atoms with Crippen LogP contribution in [0.3, 0.4) is 0 Å². The highest BCUT2D eigenvalue weighted by Gasteiger charge is 2.38. The molecule has 0 saturated heterocycles. The van der Waals surface area contributed by atoms with Gasteiger partial charge in [0.25, 0.3) is 0 Å². The zero-order chi connectivity index (χ0) is 14.5. The van der Waals surface area contributed by atoms with E-state index >= 15 is 0 Å². The summed E-state index contributed by atoms with van der Waals surface area (Å²) < 4.78 is 0. The van der Waals surface area contributed by atoms with Crippen LogP contribution in [0.5, 0.6) is 0 Å². The molecule has 7 nitrogen and oxygen atoms in total. The van der Waals surface area contributed by atoms with Crippen LogP contribution >= 0.6 is 0 Å². The van der Waals surface area contributed by atoms with Crippen LogP contribution in [0.4, 0.5) is 0 Å². The molecule has 0 radical (unpaired) electrons. The Kier molecular flexibility index (Phi) is 4.57. The normalized spacial score (nSPS) is 13.2. The van der Waals surface area contributed by atoms with Crippen LogP contribution < -0.4 is 0 Å². The van der Waals surface area contributed by atoms with Gasteiger partial charge in [-0.1, -0.05) is 35.5 Å². The minimum absolute atomic E-state index is 0.0856. The van der Waals surface area contributed by atoms with Crippen LogP contribution in [0.15, 0.2) is 40.8 Å². The predicted octanol–water partition coefficient (Wildman–Crippen LogP) is 2.08. The highest BCUT2D eigenvalue weighted by Crippen LogP contribution is 2.18. The molecule has 0 saturated carbocycles. The van der Waals surface area contributed by atoms with Gasteiger partial charge in [-0.25, -0.2) is 4.79 Å². The lowest BCUT2D eigenvalue weighted by molar-refractivity contribution is -0.605. The van der Waals surface area contributed by atoms with Crippen molar-refractivity contribution in [2.24, 2.45) is 10.4 Å². The Morgan fingerprint density at radius 3 is 2.42 bits per heavy atom. The molecule has 0 unspecified atom stereocenters. The van der Waals surface area contributed by atoms with Crippen molar-refractivity contribution in [2.45, 2.75) is 26.3 Å². The van der Waals surface area contributed by atoms with Gasteiger partial charge in [0.15, 0.2) is 11.0 Å². The minimum atomic E-state index is -1.30. The van der Waals surface area contributed by atoms with E-state index in [9.17, 15) is 10.0 Å². The van der Waals surface area contributed by atoms with Gasteiger partial charge >= 0.3 is 5.97 Å². The van der Waals surface area contributed by atoms with Gasteiger partial charge in [-0.05, 0) is 4.86 Å². The molecule has 102 valence electrons. The second kappa shape index (κ2) is 5.94. The van der Waals surface area contributed by atoms with Gasteiger partial charge in [-0.15, -0.1) is 0 Å². The molecule has 0 aliphatic carbocycles. The maximum absolute atomic E-state index is 11.6. The van der Waals surface area contributed by atoms with Crippen molar-refractivity contribution in [1.82, 2.24) is 0 Å². The van der Waals surface area contributed by atoms with E-state index in [1.54, 1.807) is 30.3 Å². The quantitative estimate of drug-likeness (QED) is 0.296. The van der Waals surface area contributed by atoms with E-state index in [0.717, 1.165) is 0 Å². The lowest BCUT2D eigenvalue weighted by atomic mass is 9.93. The van der Waals surface area contributed by atoms with Crippen molar-refractivity contribution in [1.29, 1.82) is 0 Å². The average Bonchev–Trinajstić information content (AvgIpc) is 2.38. The van der Waals surface area contributed by atoms with Crippen LogP contribution in [0.2, 0.25) is 0 Å². The van der Waals surface area contributed by atoms with Gasteiger partial charge in [-0.3, -0.25) is 0 Å². The molecule has 0 spiro atoms. The number of benzene rings is 1. The summed E-state index contributed by atoms with van der Waals surface area (Å²) in [6.07, 6.45) is 0. The fourth-order valence-corrected chi connectivity index (χ4v) is 1.43. The Morgan fingerprint density at radius 2 is 1.95 bits per heavy atom. The molecule has 1 aromatic carbocycles. The molecule has 1 rings (SSSR count). The third-order valence-electron chi connectivity index (χ3n) is 2.45. The molecular formula is C12H15N3O4. The Hall–Kier alpha value is -2.44. The first kappa shape index (κ1) is 14.6. The summed E-state index contributed by atoms with van der Waals surface area (Å²) in [4.78, 5) is 15.5. The van der Waals surface area contributed by atoms with E-state index < -0.39 is 11.5 Å². The van der Waals surface area contributed by atoms with Crippen LogP contribution in [-0.2, 0) is 9.63 Å². The molecule has 0 amide bonds. The Balaban J connectivity index is 3.29. The second-order valence-corrected chi connectivity index (χ2v) is 4.31. The number of carbonyl (C=O) groups excluding carboxylic acids is 1. The summed E-state index contributed by atoms with van der Waals surface area (Å²) in [6, 6.07) is 8.70. The summed E-state index contributed by atoms with van der Waals surface area (Å²) in [5.41, 5.74) is -0.541. The molecule has 0 atom stereocenters. The smallest absolute Gasteiger partial charge is 0.331 e. The van der Waals surface area contributed by atoms with Gasteiger partial charge in [-0.2, -0.15) is 0 Å². The van der Waals surface area contributed by atoms with Crippen molar-refractivity contribution in [3.63, 3.8) is 0 Å². The molecule has 19 heavy (non-hydrogen) atoms. The highest BCUT2D eigenvalue weighted by molar-refractivity contribution is 6.05. The summed E-state index contributed by atoms with van der Waals surface area (Å²) in [5.74, 6) is -0.609. The molecular weight excluding hydrogens is 250 g/mol. The van der Waals surface area contributed by atoms with Gasteiger partial charge in [0.1, 0.15) is 0 Å². The van der Waals surface area contributed by atoms with Gasteiger partial charge in [0.2, 0.25) is 5.54 Å². The third-order valence-corrected chi connectivity index (χ3v) is 2.45. The number of oxime groups is 1. The van der Waals surface area contributed by atoms with E-state index in [2.05, 4.69) is 15.3 Å². The zero-order valence-electron chi connectivity index (χ0n) is 10.9. The number of hydroxylamine groups is 1. The molecule has 0 aliphatic rings. The molecule has 0 fully saturated rings. The summed E-state index contributed by atoms with van der Waals surface area (Å²) in [7, 11) is 0. The number of hydrogen-bond donors (Lipinski definition) is 1. The van der Waals surface area contributed by atoms with E-state index in [4.69, 9.17) is 5.21 Å². The van der Waals surface area contributed by atoms with Crippen molar-refractivity contribution in [3.05, 3.63) is 41.1 Å². The van der Waals surface area contributed by atoms with Crippen LogP contribution in [-0.4, -0.2) is 27.3 Å². The summed E-state index contributed by atoms with van der Waals surface area (Å²) in [5, 5.41) is 26.5. The summed E-state index contributed by atoms with van der Waals surface area (Å²) >= 11 is 0. The SMILES string of the molecule is CC(=O)O/N=C(\c1ccccc1)C(C)(C)/[N+]([O-])=N/O. The molecule has 1 aromatic rings. The lowest BCUT2D eigenvalue weighted by Gasteiger charge is -2.21. The van der Waals surface area contributed by atoms with E-state index in [0.29, 0.717) is 5.56 Å². The standard InChI is InChI=1S/C12H15N3O4/c1-9(16)19-13-11(10-7-5-4-6-8-10)12(2,3)15(18)14-17/h4-8,17H,1-3H3/b13-11+,15-14-. The maximum Gasteiger partial charge on any atom is 0.331 e. The number of nitrogens with zero attached hydrogens (tertiary/aromatic N) is 3. The largest absolute Gasteiger partial charge is 0.597 e. The maximum atomic E-state index is 11.6. The van der Waals surface area contributed by atoms with Crippen molar-refractivity contribution in [3.8, 4) is 0 Å². The van der Waals surface area contributed by atoms with E-state index in [1.807, 2.05) is 0 Å². The molecule has 0 aromatic heterocycles. The molecule has 1 N–H and O–H groups in total. The number of carbonyl (C=O) groups is 1. The average molecular weight is 265 g/mol. The Labute approximate surface area is 110 Å². The Bertz CT molecular complexity index is 509. The van der Waals surface area contributed by atoms with Crippen molar-refractivity contribution in [2.75, 3.05) is 0 Å². The van der Waals surface area contributed by atoms with Crippen molar-refractivity contribution >= 4 is 11.7 Å². The van der Waals surface area contributed by atoms with E-state index in [-0.39, 0.29) is 10.6 Å². The van der Waals surface area contributed by atoms with Crippen LogP contribution in [0.25, 0.3) is 0 Å². The number of rotatable bonds is 4. The lowest BCUT2D eigenvalue weighted by Crippen LogP contribution is -2.41.